The van der Waals surface area contributed by atoms with Gasteiger partial charge >= 0.3 is 12.1 Å². The predicted octanol–water partition coefficient (Wildman–Crippen LogP) is -0.559. The Hall–Kier alpha value is -2.00. The van der Waals surface area contributed by atoms with E-state index in [-0.39, 0.29) is 13.0 Å². The van der Waals surface area contributed by atoms with Crippen LogP contribution in [0.25, 0.3) is 0 Å². The standard InChI is InChI=1S/C22H36N2O13S4/c1-5-35-21(28)37-14(3)36-20(27)18(13(2)25)24-19(26)16(10-15-6-8-38-12-15)11-22(39(29)30,40(31)32)17(23)7-9-41(4,33)34/h6,8,12-14,16-18,25H,5,7,9-11,23H2,1-4H3,(H,24,26)(H,29,30)(H,31,32)/p-2. The van der Waals surface area contributed by atoms with E-state index in [0.717, 1.165) is 13.2 Å². The zero-order chi connectivity index (χ0) is 31.5. The number of carbonyl (C=O) groups is 3. The Kier molecular flexibility index (Phi) is 15.0. The second-order valence-electron chi connectivity index (χ2n) is 9.08. The van der Waals surface area contributed by atoms with E-state index in [1.165, 1.54) is 25.2 Å². The number of sulfone groups is 1. The van der Waals surface area contributed by atoms with Gasteiger partial charge in [0.1, 0.15) is 13.9 Å². The van der Waals surface area contributed by atoms with Gasteiger partial charge in [-0.15, -0.1) is 0 Å². The maximum atomic E-state index is 13.4. The summed E-state index contributed by atoms with van der Waals surface area (Å²) in [5.41, 5.74) is 6.47. The minimum atomic E-state index is -3.65. The van der Waals surface area contributed by atoms with E-state index in [1.807, 2.05) is 0 Å². The van der Waals surface area contributed by atoms with Crippen molar-refractivity contribution in [3.63, 3.8) is 0 Å². The summed E-state index contributed by atoms with van der Waals surface area (Å²) in [6.45, 7) is 3.82. The van der Waals surface area contributed by atoms with Crippen LogP contribution in [0.1, 0.15) is 39.2 Å². The SMILES string of the molecule is CCOC(=O)OC(C)OC(=O)C(NC(=O)C(Cc1ccsc1)CC(C(N)CCS(C)(=O)=O)(S(=O)[O-])S(=O)[O-])C(C)O. The molecule has 0 radical (unpaired) electrons. The van der Waals surface area contributed by atoms with Crippen LogP contribution in [0.4, 0.5) is 4.79 Å². The largest absolute Gasteiger partial charge is 0.771 e. The van der Waals surface area contributed by atoms with E-state index >= 15 is 0 Å². The van der Waals surface area contributed by atoms with Gasteiger partial charge in [-0.2, -0.15) is 11.3 Å². The topological polar surface area (TPSA) is 252 Å². The van der Waals surface area contributed by atoms with Gasteiger partial charge in [0.2, 0.25) is 12.2 Å². The van der Waals surface area contributed by atoms with Crippen molar-refractivity contribution in [2.75, 3.05) is 18.6 Å². The minimum Gasteiger partial charge on any atom is -0.771 e. The lowest BCUT2D eigenvalue weighted by atomic mass is 9.91. The third-order valence-electron chi connectivity index (χ3n) is 5.73. The van der Waals surface area contributed by atoms with Crippen LogP contribution in [0, 0.1) is 5.92 Å². The number of aliphatic hydroxyl groups is 1. The van der Waals surface area contributed by atoms with Gasteiger partial charge in [-0.3, -0.25) is 13.2 Å². The van der Waals surface area contributed by atoms with Crippen molar-refractivity contribution in [2.24, 2.45) is 11.7 Å². The Morgan fingerprint density at radius 3 is 2.27 bits per heavy atom. The molecule has 1 heterocycles. The first kappa shape index (κ1) is 37.0. The maximum Gasteiger partial charge on any atom is 0.511 e. The maximum absolute atomic E-state index is 13.4. The molecule has 15 nitrogen and oxygen atoms in total. The molecule has 1 aromatic heterocycles. The van der Waals surface area contributed by atoms with Gasteiger partial charge in [0.25, 0.3) is 0 Å². The number of hydrogen-bond donors (Lipinski definition) is 3. The molecule has 1 amide bonds. The number of amides is 1. The van der Waals surface area contributed by atoms with Crippen molar-refractivity contribution < 1.29 is 59.6 Å². The fraction of sp³-hybridized carbons (Fsp3) is 0.682. The lowest BCUT2D eigenvalue weighted by Gasteiger charge is -2.44. The highest BCUT2D eigenvalue weighted by Gasteiger charge is 2.44. The van der Waals surface area contributed by atoms with Gasteiger partial charge < -0.3 is 39.5 Å². The molecule has 0 aliphatic carbocycles. The number of thiophene rings is 1. The minimum absolute atomic E-state index is 0.0148. The number of aliphatic hydroxyl groups excluding tert-OH is 1. The number of ether oxygens (including phenoxy) is 3. The molecule has 0 fully saturated rings. The van der Waals surface area contributed by atoms with Gasteiger partial charge in [0.15, 0.2) is 6.04 Å². The molecule has 0 aliphatic rings. The van der Waals surface area contributed by atoms with Crippen LogP contribution in [-0.2, 0) is 62.2 Å². The first-order chi connectivity index (χ1) is 18.9. The molecule has 4 N–H and O–H groups in total. The summed E-state index contributed by atoms with van der Waals surface area (Å²) in [4.78, 5) is 37.6. The van der Waals surface area contributed by atoms with E-state index in [0.29, 0.717) is 5.56 Å². The summed E-state index contributed by atoms with van der Waals surface area (Å²) in [6, 6.07) is -1.89. The Morgan fingerprint density at radius 1 is 1.20 bits per heavy atom. The number of nitrogens with two attached hydrogens (primary N) is 1. The van der Waals surface area contributed by atoms with Crippen LogP contribution < -0.4 is 11.1 Å². The van der Waals surface area contributed by atoms with Crippen molar-refractivity contribution in [3.05, 3.63) is 22.4 Å². The molecule has 0 saturated carbocycles. The van der Waals surface area contributed by atoms with Crippen molar-refractivity contribution in [2.45, 2.75) is 68.6 Å². The lowest BCUT2D eigenvalue weighted by molar-refractivity contribution is -0.174. The van der Waals surface area contributed by atoms with Gasteiger partial charge in [-0.1, -0.05) is 0 Å². The number of rotatable bonds is 17. The molecule has 7 atom stereocenters. The van der Waals surface area contributed by atoms with E-state index in [1.54, 1.807) is 16.8 Å². The molecule has 0 saturated heterocycles. The zero-order valence-corrected chi connectivity index (χ0v) is 26.0. The highest BCUT2D eigenvalue weighted by Crippen LogP contribution is 2.33. The van der Waals surface area contributed by atoms with Gasteiger partial charge in [-0.05, 0) is 77.7 Å². The first-order valence-corrected chi connectivity index (χ1v) is 17.2. The Bertz CT molecular complexity index is 1160. The van der Waals surface area contributed by atoms with E-state index in [4.69, 9.17) is 15.2 Å². The molecular weight excluding hydrogens is 629 g/mol. The average molecular weight is 663 g/mol. The second kappa shape index (κ2) is 16.6. The summed E-state index contributed by atoms with van der Waals surface area (Å²) < 4.78 is 84.2. The second-order valence-corrected chi connectivity index (χ2v) is 14.8. The number of carbonyl (C=O) groups excluding carboxylic acids is 3. The summed E-state index contributed by atoms with van der Waals surface area (Å²) in [5.74, 6) is -4.33. The molecule has 7 unspecified atom stereocenters. The van der Waals surface area contributed by atoms with Crippen LogP contribution in [0.3, 0.4) is 0 Å². The quantitative estimate of drug-likeness (QED) is 0.107. The van der Waals surface area contributed by atoms with Crippen LogP contribution in [-0.4, -0.2) is 96.3 Å². The monoisotopic (exact) mass is 662 g/mol. The number of esters is 1. The third kappa shape index (κ3) is 11.7. The van der Waals surface area contributed by atoms with Crippen LogP contribution in [0.2, 0.25) is 0 Å². The van der Waals surface area contributed by atoms with Gasteiger partial charge in [-0.25, -0.2) is 18.0 Å². The smallest absolute Gasteiger partial charge is 0.511 e. The third-order valence-corrected chi connectivity index (χ3v) is 10.3. The predicted molar refractivity (Wildman–Crippen MR) is 146 cm³/mol. The molecule has 0 aromatic carbocycles. The molecule has 19 heteroatoms. The van der Waals surface area contributed by atoms with Gasteiger partial charge in [0.05, 0.1) is 18.5 Å². The Morgan fingerprint density at radius 2 is 1.80 bits per heavy atom. The molecule has 0 aliphatic heterocycles. The molecule has 41 heavy (non-hydrogen) atoms. The summed E-state index contributed by atoms with van der Waals surface area (Å²) in [7, 11) is -3.65. The molecule has 1 aromatic rings. The highest BCUT2D eigenvalue weighted by atomic mass is 32.3. The number of nitrogens with one attached hydrogen (secondary N) is 1. The van der Waals surface area contributed by atoms with E-state index in [9.17, 15) is 45.4 Å². The van der Waals surface area contributed by atoms with Crippen LogP contribution in [0.15, 0.2) is 16.8 Å². The van der Waals surface area contributed by atoms with Crippen LogP contribution >= 0.6 is 11.3 Å². The molecule has 0 bridgehead atoms. The fourth-order valence-electron chi connectivity index (χ4n) is 3.64. The molecule has 0 spiro atoms. The Balaban J connectivity index is 3.33. The number of hydrogen-bond acceptors (Lipinski definition) is 15. The van der Waals surface area contributed by atoms with Gasteiger partial charge in [0, 0.05) is 25.1 Å². The normalized spacial score (nSPS) is 18.4. The van der Waals surface area contributed by atoms with Crippen molar-refractivity contribution in [1.82, 2.24) is 5.32 Å². The van der Waals surface area contributed by atoms with Crippen molar-refractivity contribution in [1.29, 1.82) is 0 Å². The summed E-state index contributed by atoms with van der Waals surface area (Å²) in [5, 5.41) is 15.7. The molecule has 1 rings (SSSR count). The van der Waals surface area contributed by atoms with Crippen molar-refractivity contribution >= 4 is 61.4 Å². The van der Waals surface area contributed by atoms with Crippen LogP contribution in [0.5, 0.6) is 0 Å². The molecular formula is C22H34N2O13S4-2. The molecule has 236 valence electrons. The Labute approximate surface area is 247 Å². The van der Waals surface area contributed by atoms with E-state index in [2.05, 4.69) is 10.1 Å². The highest BCUT2D eigenvalue weighted by molar-refractivity contribution is 7.99. The first-order valence-electron chi connectivity index (χ1n) is 12.1. The van der Waals surface area contributed by atoms with E-state index < -0.39 is 103 Å². The lowest BCUT2D eigenvalue weighted by Crippen LogP contribution is -2.58. The summed E-state index contributed by atoms with van der Waals surface area (Å²) >= 11 is -5.64. The van der Waals surface area contributed by atoms with Crippen molar-refractivity contribution in [3.8, 4) is 0 Å². The zero-order valence-electron chi connectivity index (χ0n) is 22.7. The summed E-state index contributed by atoms with van der Waals surface area (Å²) in [6.07, 6.45) is -4.97. The fourth-order valence-corrected chi connectivity index (χ4v) is 6.85. The average Bonchev–Trinajstić information content (AvgIpc) is 3.35.